The summed E-state index contributed by atoms with van der Waals surface area (Å²) >= 11 is 1.85. The van der Waals surface area contributed by atoms with Crippen LogP contribution in [0.5, 0.6) is 5.75 Å². The van der Waals surface area contributed by atoms with E-state index in [-0.39, 0.29) is 17.2 Å². The second-order valence-corrected chi connectivity index (χ2v) is 5.63. The fourth-order valence-corrected chi connectivity index (χ4v) is 2.34. The van der Waals surface area contributed by atoms with Crippen molar-refractivity contribution in [3.8, 4) is 5.75 Å². The molecule has 0 unspecified atom stereocenters. The Hall–Kier alpha value is -1.69. The van der Waals surface area contributed by atoms with Gasteiger partial charge in [-0.2, -0.15) is 11.8 Å². The monoisotopic (exact) mass is 297 g/mol. The number of thioether (sulfide) groups is 1. The van der Waals surface area contributed by atoms with Crippen LogP contribution >= 0.6 is 11.8 Å². The van der Waals surface area contributed by atoms with Gasteiger partial charge in [-0.1, -0.05) is 6.92 Å². The Morgan fingerprint density at radius 1 is 1.30 bits per heavy atom. The largest absolute Gasteiger partial charge is 0.507 e. The highest BCUT2D eigenvalue weighted by molar-refractivity contribution is 7.99. The molecule has 1 aromatic carbocycles. The molecular weight excluding hydrogens is 278 g/mol. The van der Waals surface area contributed by atoms with E-state index in [0.717, 1.165) is 24.3 Å². The number of nitrogens with one attached hydrogen (secondary N) is 1. The molecule has 6 heteroatoms. The number of hydrogen-bond donors (Lipinski definition) is 3. The predicted octanol–water partition coefficient (Wildman–Crippen LogP) is 2.95. The Bertz CT molecular complexity index is 476. The summed E-state index contributed by atoms with van der Waals surface area (Å²) < 4.78 is 0. The molecule has 110 valence electrons. The van der Waals surface area contributed by atoms with Crippen molar-refractivity contribution in [2.24, 2.45) is 0 Å². The number of rotatable bonds is 8. The van der Waals surface area contributed by atoms with E-state index in [4.69, 9.17) is 5.11 Å². The Labute approximate surface area is 122 Å². The number of benzene rings is 1. The van der Waals surface area contributed by atoms with Crippen LogP contribution in [0.4, 0.5) is 5.69 Å². The number of aromatic hydroxyl groups is 1. The Morgan fingerprint density at radius 3 is 2.70 bits per heavy atom. The number of unbranched alkanes of at least 4 members (excludes halogenated alkanes) is 1. The van der Waals surface area contributed by atoms with Crippen LogP contribution in [-0.2, 0) is 4.79 Å². The van der Waals surface area contributed by atoms with Gasteiger partial charge in [0.2, 0.25) is 5.91 Å². The third kappa shape index (κ3) is 5.52. The van der Waals surface area contributed by atoms with Crippen molar-refractivity contribution in [1.82, 2.24) is 0 Å². The molecule has 5 nitrogen and oxygen atoms in total. The molecule has 0 aliphatic carbocycles. The van der Waals surface area contributed by atoms with E-state index in [9.17, 15) is 14.7 Å². The minimum atomic E-state index is -1.23. The lowest BCUT2D eigenvalue weighted by molar-refractivity contribution is -0.116. The summed E-state index contributed by atoms with van der Waals surface area (Å²) in [6.07, 6.45) is 2.21. The fourth-order valence-electron chi connectivity index (χ4n) is 1.64. The summed E-state index contributed by atoms with van der Waals surface area (Å²) in [7, 11) is 0. The first kappa shape index (κ1) is 16.4. The van der Waals surface area contributed by atoms with E-state index in [0.29, 0.717) is 12.1 Å². The van der Waals surface area contributed by atoms with Gasteiger partial charge in [0, 0.05) is 12.1 Å². The molecule has 0 heterocycles. The average molecular weight is 297 g/mol. The summed E-state index contributed by atoms with van der Waals surface area (Å²) in [4.78, 5) is 22.5. The van der Waals surface area contributed by atoms with Gasteiger partial charge >= 0.3 is 5.97 Å². The third-order valence-corrected chi connectivity index (χ3v) is 3.64. The van der Waals surface area contributed by atoms with Crippen LogP contribution in [0.15, 0.2) is 18.2 Å². The van der Waals surface area contributed by atoms with Crippen molar-refractivity contribution in [2.45, 2.75) is 26.2 Å². The van der Waals surface area contributed by atoms with Gasteiger partial charge in [-0.3, -0.25) is 4.79 Å². The van der Waals surface area contributed by atoms with Crippen molar-refractivity contribution in [1.29, 1.82) is 0 Å². The molecule has 0 bridgehead atoms. The summed E-state index contributed by atoms with van der Waals surface area (Å²) in [6, 6.07) is 3.99. The van der Waals surface area contributed by atoms with E-state index < -0.39 is 5.97 Å². The number of phenols is 1. The normalized spacial score (nSPS) is 10.2. The molecule has 3 N–H and O–H groups in total. The van der Waals surface area contributed by atoms with E-state index in [1.807, 2.05) is 11.8 Å². The minimum absolute atomic E-state index is 0.145. The second-order valence-electron chi connectivity index (χ2n) is 4.24. The van der Waals surface area contributed by atoms with Gasteiger partial charge in [0.1, 0.15) is 11.3 Å². The van der Waals surface area contributed by atoms with Gasteiger partial charge in [-0.25, -0.2) is 4.79 Å². The number of carbonyl (C=O) groups excluding carboxylic acids is 1. The van der Waals surface area contributed by atoms with Gasteiger partial charge in [0.25, 0.3) is 0 Å². The zero-order valence-corrected chi connectivity index (χ0v) is 12.2. The highest BCUT2D eigenvalue weighted by Crippen LogP contribution is 2.21. The Morgan fingerprint density at radius 2 is 2.05 bits per heavy atom. The average Bonchev–Trinajstić information content (AvgIpc) is 2.40. The van der Waals surface area contributed by atoms with Crippen molar-refractivity contribution in [3.63, 3.8) is 0 Å². The first-order valence-corrected chi connectivity index (χ1v) is 7.64. The van der Waals surface area contributed by atoms with Crippen LogP contribution in [-0.4, -0.2) is 33.6 Å². The van der Waals surface area contributed by atoms with Gasteiger partial charge in [0.05, 0.1) is 0 Å². The molecule has 1 rings (SSSR count). The van der Waals surface area contributed by atoms with E-state index in [2.05, 4.69) is 12.2 Å². The first-order valence-electron chi connectivity index (χ1n) is 6.48. The molecule has 0 saturated heterocycles. The molecular formula is C14H19NO4S. The van der Waals surface area contributed by atoms with Gasteiger partial charge in [-0.15, -0.1) is 0 Å². The predicted molar refractivity (Wildman–Crippen MR) is 80.5 cm³/mol. The number of hydrogen-bond acceptors (Lipinski definition) is 4. The molecule has 1 amide bonds. The second kappa shape index (κ2) is 8.47. The van der Waals surface area contributed by atoms with Gasteiger partial charge < -0.3 is 15.5 Å². The lowest BCUT2D eigenvalue weighted by atomic mass is 10.1. The van der Waals surface area contributed by atoms with Crippen molar-refractivity contribution in [3.05, 3.63) is 23.8 Å². The van der Waals surface area contributed by atoms with Gasteiger partial charge in [0.15, 0.2) is 0 Å². The molecule has 0 aromatic heterocycles. The molecule has 0 aliphatic heterocycles. The van der Waals surface area contributed by atoms with Crippen molar-refractivity contribution >= 4 is 29.3 Å². The quantitative estimate of drug-likeness (QED) is 0.507. The van der Waals surface area contributed by atoms with Crippen LogP contribution < -0.4 is 5.32 Å². The molecule has 0 atom stereocenters. The number of aromatic carboxylic acids is 1. The number of carboxylic acid groups (broad SMARTS) is 1. The van der Waals surface area contributed by atoms with Crippen LogP contribution in [0.1, 0.15) is 36.5 Å². The topological polar surface area (TPSA) is 86.6 Å². The fraction of sp³-hybridized carbons (Fsp3) is 0.429. The highest BCUT2D eigenvalue weighted by Gasteiger charge is 2.11. The maximum atomic E-state index is 11.7. The number of carbonyl (C=O) groups is 2. The van der Waals surface area contributed by atoms with Crippen LogP contribution in [0.3, 0.4) is 0 Å². The lowest BCUT2D eigenvalue weighted by Crippen LogP contribution is -2.11. The number of amides is 1. The molecule has 0 spiro atoms. The van der Waals surface area contributed by atoms with E-state index >= 15 is 0 Å². The smallest absolute Gasteiger partial charge is 0.339 e. The molecule has 20 heavy (non-hydrogen) atoms. The standard InChI is InChI=1S/C14H19NO4S/c1-2-20-8-4-3-5-13(17)15-10-6-7-12(16)11(9-10)14(18)19/h6-7,9,16H,2-5,8H2,1H3,(H,15,17)(H,18,19). The van der Waals surface area contributed by atoms with Crippen LogP contribution in [0.25, 0.3) is 0 Å². The summed E-state index contributed by atoms with van der Waals surface area (Å²) in [5.41, 5.74) is 0.162. The van der Waals surface area contributed by atoms with Crippen molar-refractivity contribution < 1.29 is 19.8 Å². The zero-order chi connectivity index (χ0) is 15.0. The van der Waals surface area contributed by atoms with Crippen LogP contribution in [0.2, 0.25) is 0 Å². The third-order valence-electron chi connectivity index (χ3n) is 2.66. The molecule has 0 aliphatic rings. The lowest BCUT2D eigenvalue weighted by Gasteiger charge is -2.07. The maximum Gasteiger partial charge on any atom is 0.339 e. The first-order chi connectivity index (χ1) is 9.54. The Balaban J connectivity index is 2.46. The SMILES string of the molecule is CCSCCCCC(=O)Nc1ccc(O)c(C(=O)O)c1. The number of carboxylic acids is 1. The number of anilines is 1. The molecule has 0 saturated carbocycles. The summed E-state index contributed by atoms with van der Waals surface area (Å²) in [5, 5.41) is 20.9. The van der Waals surface area contributed by atoms with Gasteiger partial charge in [-0.05, 0) is 42.5 Å². The molecule has 1 aromatic rings. The Kier molecular flexibility index (Phi) is 6.93. The van der Waals surface area contributed by atoms with E-state index in [1.165, 1.54) is 18.2 Å². The minimum Gasteiger partial charge on any atom is -0.507 e. The summed E-state index contributed by atoms with van der Waals surface area (Å²) in [5.74, 6) is 0.444. The summed E-state index contributed by atoms with van der Waals surface area (Å²) in [6.45, 7) is 2.10. The van der Waals surface area contributed by atoms with E-state index in [1.54, 1.807) is 0 Å². The van der Waals surface area contributed by atoms with Crippen LogP contribution in [0, 0.1) is 0 Å². The molecule has 0 fully saturated rings. The highest BCUT2D eigenvalue weighted by atomic mass is 32.2. The van der Waals surface area contributed by atoms with Crippen molar-refractivity contribution in [2.75, 3.05) is 16.8 Å². The maximum absolute atomic E-state index is 11.7. The zero-order valence-electron chi connectivity index (χ0n) is 11.4. The molecule has 0 radical (unpaired) electrons.